The molecule has 3 N–H and O–H groups in total. The van der Waals surface area contributed by atoms with Crippen LogP contribution in [0.2, 0.25) is 0 Å². The minimum absolute atomic E-state index is 0.0394. The Morgan fingerprint density at radius 1 is 1.36 bits per heavy atom. The van der Waals surface area contributed by atoms with E-state index in [0.29, 0.717) is 12.4 Å². The first kappa shape index (κ1) is 15.2. The van der Waals surface area contributed by atoms with E-state index in [1.165, 1.54) is 0 Å². The molecule has 1 aromatic rings. The number of hydrogen-bond donors (Lipinski definition) is 2. The monoisotopic (exact) mass is 304 g/mol. The van der Waals surface area contributed by atoms with Crippen LogP contribution in [0.1, 0.15) is 24.8 Å². The topological polar surface area (TPSA) is 82.7 Å². The van der Waals surface area contributed by atoms with Crippen molar-refractivity contribution in [3.8, 4) is 0 Å². The highest BCUT2D eigenvalue weighted by Crippen LogP contribution is 2.40. The third-order valence-corrected chi connectivity index (χ3v) is 4.95. The molecule has 2 aliphatic heterocycles. The largest absolute Gasteiger partial charge is 0.395 e. The number of piperidine rings is 1. The summed E-state index contributed by atoms with van der Waals surface area (Å²) in [5, 5.41) is 9.12. The van der Waals surface area contributed by atoms with Crippen LogP contribution < -0.4 is 5.73 Å². The summed E-state index contributed by atoms with van der Waals surface area (Å²) >= 11 is 0. The molecular formula is C16H24N4O2. The minimum Gasteiger partial charge on any atom is -0.395 e. The number of carbonyl (C=O) groups excluding carboxylic acids is 1. The van der Waals surface area contributed by atoms with Gasteiger partial charge in [0.25, 0.3) is 0 Å². The lowest BCUT2D eigenvalue weighted by Crippen LogP contribution is -2.50. The maximum Gasteiger partial charge on any atom is 0.230 e. The second-order valence-electron chi connectivity index (χ2n) is 6.41. The Bertz CT molecular complexity index is 549. The minimum atomic E-state index is -0.260. The second-order valence-corrected chi connectivity index (χ2v) is 6.41. The maximum absolute atomic E-state index is 12.8. The third kappa shape index (κ3) is 2.80. The van der Waals surface area contributed by atoms with Gasteiger partial charge < -0.3 is 15.7 Å². The van der Waals surface area contributed by atoms with E-state index in [4.69, 9.17) is 10.8 Å². The zero-order chi connectivity index (χ0) is 15.6. The number of rotatable bonds is 4. The maximum atomic E-state index is 12.8. The Hall–Kier alpha value is -1.66. The molecule has 6 nitrogen and oxygen atoms in total. The summed E-state index contributed by atoms with van der Waals surface area (Å²) in [6.45, 7) is 3.70. The number of amides is 1. The zero-order valence-electron chi connectivity index (χ0n) is 12.9. The molecule has 1 amide bonds. The van der Waals surface area contributed by atoms with Gasteiger partial charge in [-0.1, -0.05) is 6.07 Å². The van der Waals surface area contributed by atoms with Crippen molar-refractivity contribution in [1.82, 2.24) is 14.8 Å². The Morgan fingerprint density at radius 2 is 2.23 bits per heavy atom. The quantitative estimate of drug-likeness (QED) is 0.845. The Morgan fingerprint density at radius 3 is 3.00 bits per heavy atom. The molecule has 2 fully saturated rings. The third-order valence-electron chi connectivity index (χ3n) is 4.95. The van der Waals surface area contributed by atoms with Crippen LogP contribution >= 0.6 is 0 Å². The summed E-state index contributed by atoms with van der Waals surface area (Å²) in [5.74, 6) is 0.787. The number of likely N-dealkylation sites (tertiary alicyclic amines) is 2. The number of aromatic nitrogens is 1. The smallest absolute Gasteiger partial charge is 0.230 e. The van der Waals surface area contributed by atoms with Crippen molar-refractivity contribution in [3.05, 3.63) is 23.9 Å². The number of nitrogens with zero attached hydrogens (tertiary/aromatic N) is 3. The van der Waals surface area contributed by atoms with Crippen molar-refractivity contribution in [2.45, 2.75) is 25.8 Å². The normalized spacial score (nSPS) is 26.0. The number of nitrogens with two attached hydrogens (primary N) is 1. The number of anilines is 1. The fraction of sp³-hybridized carbons (Fsp3) is 0.625. The average molecular weight is 304 g/mol. The van der Waals surface area contributed by atoms with Crippen LogP contribution in [0.25, 0.3) is 0 Å². The molecule has 1 aromatic heterocycles. The molecule has 0 bridgehead atoms. The van der Waals surface area contributed by atoms with Gasteiger partial charge in [-0.25, -0.2) is 4.98 Å². The fourth-order valence-electron chi connectivity index (χ4n) is 3.78. The van der Waals surface area contributed by atoms with Crippen LogP contribution in [-0.2, 0) is 11.3 Å². The van der Waals surface area contributed by atoms with Gasteiger partial charge in [-0.2, -0.15) is 0 Å². The van der Waals surface area contributed by atoms with Crippen LogP contribution in [0.5, 0.6) is 0 Å². The van der Waals surface area contributed by atoms with E-state index in [9.17, 15) is 4.79 Å². The predicted molar refractivity (Wildman–Crippen MR) is 83.9 cm³/mol. The molecule has 22 heavy (non-hydrogen) atoms. The lowest BCUT2D eigenvalue weighted by molar-refractivity contribution is -0.146. The van der Waals surface area contributed by atoms with Gasteiger partial charge in [0, 0.05) is 37.9 Å². The van der Waals surface area contributed by atoms with E-state index in [-0.39, 0.29) is 17.9 Å². The first-order valence-corrected chi connectivity index (χ1v) is 7.97. The van der Waals surface area contributed by atoms with Gasteiger partial charge in [-0.3, -0.25) is 9.69 Å². The van der Waals surface area contributed by atoms with Crippen molar-refractivity contribution < 1.29 is 9.90 Å². The predicted octanol–water partition coefficient (Wildman–Crippen LogP) is 0.471. The molecule has 3 heterocycles. The van der Waals surface area contributed by atoms with Gasteiger partial charge in [-0.05, 0) is 31.9 Å². The fourth-order valence-corrected chi connectivity index (χ4v) is 3.78. The number of aliphatic hydroxyl groups is 1. The highest BCUT2D eigenvalue weighted by Gasteiger charge is 2.48. The first-order chi connectivity index (χ1) is 10.6. The van der Waals surface area contributed by atoms with Crippen LogP contribution in [0, 0.1) is 5.41 Å². The molecule has 2 saturated heterocycles. The summed E-state index contributed by atoms with van der Waals surface area (Å²) in [5.41, 5.74) is 6.68. The van der Waals surface area contributed by atoms with E-state index >= 15 is 0 Å². The van der Waals surface area contributed by atoms with Crippen molar-refractivity contribution in [2.24, 2.45) is 5.41 Å². The van der Waals surface area contributed by atoms with Gasteiger partial charge in [-0.15, -0.1) is 0 Å². The lowest BCUT2D eigenvalue weighted by Gasteiger charge is -2.39. The summed E-state index contributed by atoms with van der Waals surface area (Å²) in [7, 11) is 0. The van der Waals surface area contributed by atoms with E-state index in [0.717, 1.165) is 51.0 Å². The number of pyridine rings is 1. The Kier molecular flexibility index (Phi) is 4.31. The van der Waals surface area contributed by atoms with Gasteiger partial charge in [0.2, 0.25) is 5.91 Å². The molecule has 1 atom stereocenters. The number of hydrogen-bond acceptors (Lipinski definition) is 5. The van der Waals surface area contributed by atoms with Crippen LogP contribution in [0.15, 0.2) is 18.3 Å². The molecule has 1 spiro atoms. The van der Waals surface area contributed by atoms with Gasteiger partial charge in [0.15, 0.2) is 0 Å². The molecule has 0 radical (unpaired) electrons. The van der Waals surface area contributed by atoms with Gasteiger partial charge >= 0.3 is 0 Å². The molecule has 3 rings (SSSR count). The van der Waals surface area contributed by atoms with E-state index < -0.39 is 0 Å². The number of aliphatic hydroxyl groups excluding tert-OH is 1. The summed E-state index contributed by atoms with van der Waals surface area (Å²) in [4.78, 5) is 21.0. The molecule has 1 unspecified atom stereocenters. The number of carbonyl (C=O) groups is 1. The summed E-state index contributed by atoms with van der Waals surface area (Å²) in [6, 6.07) is 3.89. The highest BCUT2D eigenvalue weighted by molar-refractivity contribution is 5.84. The van der Waals surface area contributed by atoms with Crippen LogP contribution in [-0.4, -0.2) is 58.6 Å². The Balaban J connectivity index is 1.68. The average Bonchev–Trinajstić information content (AvgIpc) is 2.91. The van der Waals surface area contributed by atoms with Crippen molar-refractivity contribution in [1.29, 1.82) is 0 Å². The first-order valence-electron chi connectivity index (χ1n) is 7.97. The molecule has 6 heteroatoms. The van der Waals surface area contributed by atoms with Crippen molar-refractivity contribution in [2.75, 3.05) is 38.5 Å². The second kappa shape index (κ2) is 6.22. The van der Waals surface area contributed by atoms with Crippen LogP contribution in [0.3, 0.4) is 0 Å². The van der Waals surface area contributed by atoms with E-state index in [1.807, 2.05) is 17.0 Å². The van der Waals surface area contributed by atoms with E-state index in [2.05, 4.69) is 9.88 Å². The van der Waals surface area contributed by atoms with Crippen molar-refractivity contribution >= 4 is 11.7 Å². The molecular weight excluding hydrogens is 280 g/mol. The molecule has 2 aliphatic rings. The van der Waals surface area contributed by atoms with Gasteiger partial charge in [0.1, 0.15) is 5.82 Å². The molecule has 0 saturated carbocycles. The number of β-amino-alcohol motifs (C(OH)–C–C–N with tert-alkyl or cyclic N) is 1. The summed E-state index contributed by atoms with van der Waals surface area (Å²) in [6.07, 6.45) is 4.57. The molecule has 120 valence electrons. The van der Waals surface area contributed by atoms with Crippen LogP contribution in [0.4, 0.5) is 5.82 Å². The van der Waals surface area contributed by atoms with Gasteiger partial charge in [0.05, 0.1) is 12.0 Å². The SMILES string of the molecule is Nc1ncccc1CN1CCC2(CCCN(CCO)C2=O)C1. The molecule has 0 aliphatic carbocycles. The summed E-state index contributed by atoms with van der Waals surface area (Å²) < 4.78 is 0. The highest BCUT2D eigenvalue weighted by atomic mass is 16.3. The van der Waals surface area contributed by atoms with Crippen molar-refractivity contribution in [3.63, 3.8) is 0 Å². The lowest BCUT2D eigenvalue weighted by atomic mass is 9.78. The zero-order valence-corrected chi connectivity index (χ0v) is 12.9. The standard InChI is InChI=1S/C16H24N4O2/c17-14-13(3-1-6-18-14)11-19-8-5-16(12-19)4-2-7-20(9-10-21)15(16)22/h1,3,6,21H,2,4-5,7-12H2,(H2,17,18). The Labute approximate surface area is 130 Å². The number of nitrogen functional groups attached to an aromatic ring is 1. The molecule has 0 aromatic carbocycles. The van der Waals surface area contributed by atoms with E-state index in [1.54, 1.807) is 6.20 Å².